The highest BCUT2D eigenvalue weighted by Gasteiger charge is 2.32. The lowest BCUT2D eigenvalue weighted by atomic mass is 10.1. The van der Waals surface area contributed by atoms with Crippen LogP contribution in [0.2, 0.25) is 0 Å². The Labute approximate surface area is 161 Å². The molecule has 1 saturated heterocycles. The van der Waals surface area contributed by atoms with Crippen LogP contribution in [0.4, 0.5) is 5.95 Å². The van der Waals surface area contributed by atoms with Gasteiger partial charge in [0.05, 0.1) is 7.11 Å². The fraction of sp³-hybridized carbons (Fsp3) is 0.556. The molecule has 5 nitrogen and oxygen atoms in total. The molecular formula is C18H23BrN4OS. The molecule has 0 bridgehead atoms. The van der Waals surface area contributed by atoms with E-state index in [0.717, 1.165) is 40.2 Å². The maximum atomic E-state index is 5.49. The number of methoxy groups -OCH3 is 1. The van der Waals surface area contributed by atoms with Gasteiger partial charge in [-0.05, 0) is 50.3 Å². The quantitative estimate of drug-likeness (QED) is 0.632. The van der Waals surface area contributed by atoms with E-state index in [2.05, 4.69) is 41.7 Å². The number of hydrogen-bond acceptors (Lipinski definition) is 5. The second-order valence-electron chi connectivity index (χ2n) is 6.68. The van der Waals surface area contributed by atoms with Gasteiger partial charge in [-0.15, -0.1) is 10.2 Å². The van der Waals surface area contributed by atoms with Gasteiger partial charge in [-0.2, -0.15) is 0 Å². The van der Waals surface area contributed by atoms with E-state index in [4.69, 9.17) is 4.74 Å². The minimum Gasteiger partial charge on any atom is -0.496 e. The standard InChI is InChI=1S/C18H23BrN4OS/c1-24-16-8-5-14(19)11-13(16)12-25-18-21-20-17(23(18)15-6-7-15)22-9-3-2-4-10-22/h5,8,11,15H,2-4,6-7,9-10,12H2,1H3. The molecule has 2 aromatic rings. The monoisotopic (exact) mass is 422 g/mol. The Hall–Kier alpha value is -1.21. The molecule has 1 saturated carbocycles. The number of halogens is 1. The van der Waals surface area contributed by atoms with Gasteiger partial charge >= 0.3 is 0 Å². The van der Waals surface area contributed by atoms with Crippen molar-refractivity contribution in [1.29, 1.82) is 0 Å². The first-order valence-electron chi connectivity index (χ1n) is 8.91. The third-order valence-electron chi connectivity index (χ3n) is 4.80. The van der Waals surface area contributed by atoms with Crippen LogP contribution >= 0.6 is 27.7 Å². The molecule has 2 fully saturated rings. The van der Waals surface area contributed by atoms with E-state index in [1.54, 1.807) is 18.9 Å². The third-order valence-corrected chi connectivity index (χ3v) is 6.28. The molecule has 4 rings (SSSR count). The summed E-state index contributed by atoms with van der Waals surface area (Å²) in [5.74, 6) is 2.82. The Balaban J connectivity index is 1.55. The van der Waals surface area contributed by atoms with Crippen LogP contribution < -0.4 is 9.64 Å². The first kappa shape index (κ1) is 17.2. The van der Waals surface area contributed by atoms with Gasteiger partial charge in [0.1, 0.15) is 5.75 Å². The molecule has 0 unspecified atom stereocenters. The molecule has 1 aliphatic carbocycles. The second kappa shape index (κ2) is 7.58. The Morgan fingerprint density at radius 3 is 2.72 bits per heavy atom. The van der Waals surface area contributed by atoms with E-state index in [9.17, 15) is 0 Å². The first-order chi connectivity index (χ1) is 12.3. The van der Waals surface area contributed by atoms with Crippen LogP contribution in [0.15, 0.2) is 27.8 Å². The summed E-state index contributed by atoms with van der Waals surface area (Å²) in [5, 5.41) is 10.1. The van der Waals surface area contributed by atoms with Crippen LogP contribution in [-0.2, 0) is 5.75 Å². The largest absolute Gasteiger partial charge is 0.496 e. The molecule has 0 spiro atoms. The lowest BCUT2D eigenvalue weighted by Gasteiger charge is -2.27. The molecule has 134 valence electrons. The van der Waals surface area contributed by atoms with E-state index < -0.39 is 0 Å². The van der Waals surface area contributed by atoms with E-state index in [1.165, 1.54) is 37.7 Å². The molecule has 2 aliphatic rings. The van der Waals surface area contributed by atoms with Crippen LogP contribution in [0.25, 0.3) is 0 Å². The Morgan fingerprint density at radius 2 is 2.00 bits per heavy atom. The molecule has 0 amide bonds. The number of hydrogen-bond donors (Lipinski definition) is 0. The second-order valence-corrected chi connectivity index (χ2v) is 8.53. The number of rotatable bonds is 6. The predicted molar refractivity (Wildman–Crippen MR) is 105 cm³/mol. The zero-order valence-electron chi connectivity index (χ0n) is 14.4. The van der Waals surface area contributed by atoms with E-state index in [0.29, 0.717) is 6.04 Å². The molecule has 1 aromatic heterocycles. The van der Waals surface area contributed by atoms with Gasteiger partial charge in [0, 0.05) is 34.9 Å². The SMILES string of the molecule is COc1ccc(Br)cc1CSc1nnc(N2CCCCC2)n1C1CC1. The average Bonchev–Trinajstić information content (AvgIpc) is 3.40. The minimum absolute atomic E-state index is 0.582. The molecule has 7 heteroatoms. The van der Waals surface area contributed by atoms with Gasteiger partial charge < -0.3 is 9.64 Å². The van der Waals surface area contributed by atoms with E-state index in [-0.39, 0.29) is 0 Å². The summed E-state index contributed by atoms with van der Waals surface area (Å²) >= 11 is 5.30. The van der Waals surface area contributed by atoms with Crippen molar-refractivity contribution in [3.8, 4) is 5.75 Å². The number of aromatic nitrogens is 3. The van der Waals surface area contributed by atoms with Crippen LogP contribution in [-0.4, -0.2) is 35.0 Å². The van der Waals surface area contributed by atoms with E-state index in [1.807, 2.05) is 12.1 Å². The number of piperidine rings is 1. The molecule has 1 aliphatic heterocycles. The van der Waals surface area contributed by atoms with Crippen molar-refractivity contribution in [2.45, 2.75) is 49.1 Å². The maximum Gasteiger partial charge on any atom is 0.228 e. The molecular weight excluding hydrogens is 400 g/mol. The van der Waals surface area contributed by atoms with Crippen molar-refractivity contribution in [2.24, 2.45) is 0 Å². The highest BCUT2D eigenvalue weighted by molar-refractivity contribution is 9.10. The molecule has 2 heterocycles. The van der Waals surface area contributed by atoms with Gasteiger partial charge in [-0.1, -0.05) is 27.7 Å². The summed E-state index contributed by atoms with van der Waals surface area (Å²) in [4.78, 5) is 2.42. The molecule has 0 atom stereocenters. The highest BCUT2D eigenvalue weighted by atomic mass is 79.9. The summed E-state index contributed by atoms with van der Waals surface area (Å²) in [5.41, 5.74) is 1.17. The van der Waals surface area contributed by atoms with Crippen molar-refractivity contribution in [3.63, 3.8) is 0 Å². The van der Waals surface area contributed by atoms with Crippen LogP contribution in [0.1, 0.15) is 43.7 Å². The number of thioether (sulfide) groups is 1. The van der Waals surface area contributed by atoms with Crippen molar-refractivity contribution < 1.29 is 4.74 Å². The molecule has 25 heavy (non-hydrogen) atoms. The number of benzene rings is 1. The van der Waals surface area contributed by atoms with Gasteiger partial charge in [-0.25, -0.2) is 0 Å². The summed E-state index contributed by atoms with van der Waals surface area (Å²) in [7, 11) is 1.72. The number of anilines is 1. The minimum atomic E-state index is 0.582. The van der Waals surface area contributed by atoms with Gasteiger partial charge in [-0.3, -0.25) is 4.57 Å². The van der Waals surface area contributed by atoms with Gasteiger partial charge in [0.25, 0.3) is 0 Å². The highest BCUT2D eigenvalue weighted by Crippen LogP contribution is 2.42. The smallest absolute Gasteiger partial charge is 0.228 e. The predicted octanol–water partition coefficient (Wildman–Crippen LogP) is 4.67. The molecule has 0 radical (unpaired) electrons. The molecule has 1 aromatic carbocycles. The zero-order chi connectivity index (χ0) is 17.2. The van der Waals surface area contributed by atoms with Crippen LogP contribution in [0.3, 0.4) is 0 Å². The maximum absolute atomic E-state index is 5.49. The molecule has 0 N–H and O–H groups in total. The fourth-order valence-electron chi connectivity index (χ4n) is 3.33. The summed E-state index contributed by atoms with van der Waals surface area (Å²) < 4.78 is 8.94. The third kappa shape index (κ3) is 3.82. The Morgan fingerprint density at radius 1 is 1.20 bits per heavy atom. The fourth-order valence-corrected chi connectivity index (χ4v) is 4.72. The van der Waals surface area contributed by atoms with Crippen LogP contribution in [0, 0.1) is 0 Å². The number of ether oxygens (including phenoxy) is 1. The van der Waals surface area contributed by atoms with Crippen molar-refractivity contribution in [2.75, 3.05) is 25.1 Å². The Kier molecular flexibility index (Phi) is 5.22. The summed E-state index contributed by atoms with van der Waals surface area (Å²) in [6.45, 7) is 2.21. The topological polar surface area (TPSA) is 43.2 Å². The van der Waals surface area contributed by atoms with Crippen molar-refractivity contribution in [3.05, 3.63) is 28.2 Å². The lowest BCUT2D eigenvalue weighted by Crippen LogP contribution is -2.31. The van der Waals surface area contributed by atoms with Crippen molar-refractivity contribution >= 4 is 33.6 Å². The summed E-state index contributed by atoms with van der Waals surface area (Å²) in [6.07, 6.45) is 6.34. The zero-order valence-corrected chi connectivity index (χ0v) is 16.9. The van der Waals surface area contributed by atoms with Gasteiger partial charge in [0.15, 0.2) is 5.16 Å². The van der Waals surface area contributed by atoms with Crippen LogP contribution in [0.5, 0.6) is 5.75 Å². The van der Waals surface area contributed by atoms with E-state index >= 15 is 0 Å². The Bertz CT molecular complexity index is 741. The lowest BCUT2D eigenvalue weighted by molar-refractivity contribution is 0.411. The summed E-state index contributed by atoms with van der Waals surface area (Å²) in [6, 6.07) is 6.72. The normalized spacial score (nSPS) is 17.8. The van der Waals surface area contributed by atoms with Gasteiger partial charge in [0.2, 0.25) is 5.95 Å². The first-order valence-corrected chi connectivity index (χ1v) is 10.7. The number of nitrogens with zero attached hydrogens (tertiary/aromatic N) is 4. The van der Waals surface area contributed by atoms with Crippen molar-refractivity contribution in [1.82, 2.24) is 14.8 Å². The average molecular weight is 423 g/mol.